The third-order valence-corrected chi connectivity index (χ3v) is 2.69. The van der Waals surface area contributed by atoms with E-state index in [1.165, 1.54) is 18.2 Å². The monoisotopic (exact) mass is 320 g/mol. The number of hydrogen-bond donors (Lipinski definition) is 0. The molecule has 0 amide bonds. The van der Waals surface area contributed by atoms with Gasteiger partial charge in [-0.1, -0.05) is 12.1 Å². The van der Waals surface area contributed by atoms with E-state index in [1.807, 2.05) is 0 Å². The predicted octanol–water partition coefficient (Wildman–Crippen LogP) is 2.14. The third kappa shape index (κ3) is 3.75. The zero-order valence-corrected chi connectivity index (χ0v) is 11.3. The number of furan rings is 1. The lowest BCUT2D eigenvalue weighted by Gasteiger charge is -2.02. The van der Waals surface area contributed by atoms with Crippen LogP contribution in [0.25, 0.3) is 0 Å². The van der Waals surface area contributed by atoms with Crippen LogP contribution in [0, 0.1) is 20.2 Å². The maximum absolute atomic E-state index is 11.8. The van der Waals surface area contributed by atoms with Crippen molar-refractivity contribution in [3.63, 3.8) is 0 Å². The van der Waals surface area contributed by atoms with E-state index in [1.54, 1.807) is 0 Å². The summed E-state index contributed by atoms with van der Waals surface area (Å²) in [5, 5.41) is 21.1. The molecule has 10 nitrogen and oxygen atoms in total. The molecule has 118 valence electrons. The molecule has 0 aliphatic rings. The highest BCUT2D eigenvalue weighted by Gasteiger charge is 2.20. The number of ketones is 1. The number of nitro benzene ring substituents is 1. The van der Waals surface area contributed by atoms with Crippen LogP contribution in [0.4, 0.5) is 11.6 Å². The summed E-state index contributed by atoms with van der Waals surface area (Å²) in [6.45, 7) is -0.686. The van der Waals surface area contributed by atoms with Crippen LogP contribution in [0.1, 0.15) is 20.9 Å². The van der Waals surface area contributed by atoms with Crippen LogP contribution in [0.3, 0.4) is 0 Å². The minimum absolute atomic E-state index is 0.00238. The van der Waals surface area contributed by atoms with Gasteiger partial charge in [0.1, 0.15) is 4.92 Å². The lowest BCUT2D eigenvalue weighted by Crippen LogP contribution is -2.14. The first kappa shape index (κ1) is 15.8. The van der Waals surface area contributed by atoms with Crippen LogP contribution < -0.4 is 0 Å². The van der Waals surface area contributed by atoms with E-state index < -0.39 is 39.9 Å². The van der Waals surface area contributed by atoms with Crippen LogP contribution in [-0.2, 0) is 4.74 Å². The zero-order valence-electron chi connectivity index (χ0n) is 11.3. The van der Waals surface area contributed by atoms with Gasteiger partial charge in [-0.25, -0.2) is 4.79 Å². The number of benzene rings is 1. The highest BCUT2D eigenvalue weighted by molar-refractivity contribution is 5.99. The Balaban J connectivity index is 2.00. The van der Waals surface area contributed by atoms with Gasteiger partial charge in [0.05, 0.1) is 11.0 Å². The highest BCUT2D eigenvalue weighted by Crippen LogP contribution is 2.17. The van der Waals surface area contributed by atoms with Crippen LogP contribution in [0.5, 0.6) is 0 Å². The molecule has 0 radical (unpaired) electrons. The van der Waals surface area contributed by atoms with Crippen LogP contribution in [0.15, 0.2) is 40.8 Å². The second-order valence-electron chi connectivity index (χ2n) is 4.20. The lowest BCUT2D eigenvalue weighted by atomic mass is 10.1. The van der Waals surface area contributed by atoms with Gasteiger partial charge >= 0.3 is 11.9 Å². The Morgan fingerprint density at radius 3 is 2.43 bits per heavy atom. The topological polar surface area (TPSA) is 143 Å². The molecule has 23 heavy (non-hydrogen) atoms. The molecule has 1 aromatic heterocycles. The van der Waals surface area contributed by atoms with Crippen molar-refractivity contribution in [3.05, 3.63) is 68.0 Å². The van der Waals surface area contributed by atoms with Crippen molar-refractivity contribution in [2.24, 2.45) is 0 Å². The Kier molecular flexibility index (Phi) is 4.45. The maximum atomic E-state index is 11.8. The molecule has 0 fully saturated rings. The minimum atomic E-state index is -1.06. The number of carbonyl (C=O) groups is 2. The smallest absolute Gasteiger partial charge is 0.433 e. The van der Waals surface area contributed by atoms with E-state index in [2.05, 4.69) is 9.15 Å². The summed E-state index contributed by atoms with van der Waals surface area (Å²) in [4.78, 5) is 43.0. The minimum Gasteiger partial charge on any atom is -0.451 e. The Bertz CT molecular complexity index is 795. The van der Waals surface area contributed by atoms with Crippen molar-refractivity contribution < 1.29 is 28.6 Å². The van der Waals surface area contributed by atoms with Crippen molar-refractivity contribution in [2.45, 2.75) is 0 Å². The fourth-order valence-electron chi connectivity index (χ4n) is 1.61. The zero-order chi connectivity index (χ0) is 17.0. The van der Waals surface area contributed by atoms with E-state index in [0.29, 0.717) is 0 Å². The molecule has 0 atom stereocenters. The first-order valence-electron chi connectivity index (χ1n) is 6.07. The average molecular weight is 320 g/mol. The Hall–Kier alpha value is -3.56. The second-order valence-corrected chi connectivity index (χ2v) is 4.20. The first-order valence-corrected chi connectivity index (χ1v) is 6.07. The number of non-ortho nitro benzene ring substituents is 1. The molecule has 0 aliphatic carbocycles. The molecular weight excluding hydrogens is 312 g/mol. The highest BCUT2D eigenvalue weighted by atomic mass is 16.7. The number of nitro groups is 2. The van der Waals surface area contributed by atoms with Gasteiger partial charge in [-0.15, -0.1) is 0 Å². The number of hydrogen-bond acceptors (Lipinski definition) is 8. The molecular formula is C13H8N2O8. The predicted molar refractivity (Wildman–Crippen MR) is 73.1 cm³/mol. The molecule has 2 rings (SSSR count). The third-order valence-electron chi connectivity index (χ3n) is 2.69. The summed E-state index contributed by atoms with van der Waals surface area (Å²) in [6.07, 6.45) is 0. The molecule has 1 heterocycles. The van der Waals surface area contributed by atoms with E-state index in [4.69, 9.17) is 0 Å². The summed E-state index contributed by atoms with van der Waals surface area (Å²) in [6, 6.07) is 6.93. The molecule has 0 bridgehead atoms. The quantitative estimate of drug-likeness (QED) is 0.341. The molecule has 0 unspecified atom stereocenters. The average Bonchev–Trinajstić information content (AvgIpc) is 3.02. The SMILES string of the molecule is O=C(COC(=O)c1ccc([N+](=O)[O-])o1)c1cccc([N+](=O)[O-])c1. The van der Waals surface area contributed by atoms with Crippen molar-refractivity contribution in [2.75, 3.05) is 6.61 Å². The largest absolute Gasteiger partial charge is 0.451 e. The van der Waals surface area contributed by atoms with Crippen molar-refractivity contribution in [3.8, 4) is 0 Å². The molecule has 0 aliphatic heterocycles. The molecule has 0 saturated heterocycles. The van der Waals surface area contributed by atoms with Gasteiger partial charge < -0.3 is 9.15 Å². The molecule has 10 heteroatoms. The van der Waals surface area contributed by atoms with Crippen molar-refractivity contribution in [1.82, 2.24) is 0 Å². The Labute approximate surface area is 127 Å². The number of nitrogens with zero attached hydrogens (tertiary/aromatic N) is 2. The molecule has 1 aromatic carbocycles. The fraction of sp³-hybridized carbons (Fsp3) is 0.0769. The number of Topliss-reactive ketones (excluding diaryl/α,β-unsaturated/α-hetero) is 1. The molecule has 0 saturated carbocycles. The van der Waals surface area contributed by atoms with Gasteiger partial charge in [-0.05, 0) is 6.07 Å². The number of esters is 1. The summed E-state index contributed by atoms with van der Waals surface area (Å²) >= 11 is 0. The van der Waals surface area contributed by atoms with Gasteiger partial charge in [0, 0.05) is 17.7 Å². The van der Waals surface area contributed by atoms with Crippen molar-refractivity contribution >= 4 is 23.3 Å². The van der Waals surface area contributed by atoms with Gasteiger partial charge in [0.15, 0.2) is 6.61 Å². The fourth-order valence-corrected chi connectivity index (χ4v) is 1.61. The number of carbonyl (C=O) groups excluding carboxylic acids is 2. The second kappa shape index (κ2) is 6.47. The lowest BCUT2D eigenvalue weighted by molar-refractivity contribution is -0.402. The van der Waals surface area contributed by atoms with E-state index in [9.17, 15) is 29.8 Å². The van der Waals surface area contributed by atoms with Gasteiger partial charge in [0.25, 0.3) is 5.69 Å². The molecule has 0 N–H and O–H groups in total. The normalized spacial score (nSPS) is 10.1. The number of ether oxygens (including phenoxy) is 1. The number of rotatable bonds is 6. The van der Waals surface area contributed by atoms with Crippen LogP contribution in [0.2, 0.25) is 0 Å². The van der Waals surface area contributed by atoms with Gasteiger partial charge in [-0.3, -0.25) is 25.0 Å². The van der Waals surface area contributed by atoms with Gasteiger partial charge in [0.2, 0.25) is 11.5 Å². The van der Waals surface area contributed by atoms with Gasteiger partial charge in [-0.2, -0.15) is 0 Å². The Morgan fingerprint density at radius 1 is 1.09 bits per heavy atom. The first-order chi connectivity index (χ1) is 10.9. The Morgan fingerprint density at radius 2 is 1.83 bits per heavy atom. The summed E-state index contributed by atoms with van der Waals surface area (Å²) in [5.74, 6) is -2.79. The standard InChI is InChI=1S/C13H8N2O8/c16-10(8-2-1-3-9(6-8)14(18)19)7-22-13(17)11-4-5-12(23-11)15(20)21/h1-6H,7H2. The van der Waals surface area contributed by atoms with E-state index in [-0.39, 0.29) is 11.3 Å². The summed E-state index contributed by atoms with van der Waals surface area (Å²) < 4.78 is 9.28. The molecule has 0 spiro atoms. The van der Waals surface area contributed by atoms with Crippen LogP contribution >= 0.6 is 0 Å². The summed E-state index contributed by atoms with van der Waals surface area (Å²) in [7, 11) is 0. The van der Waals surface area contributed by atoms with Crippen molar-refractivity contribution in [1.29, 1.82) is 0 Å². The van der Waals surface area contributed by atoms with Crippen LogP contribution in [-0.4, -0.2) is 28.2 Å². The summed E-state index contributed by atoms with van der Waals surface area (Å²) in [5.41, 5.74) is -0.277. The molecule has 2 aromatic rings. The van der Waals surface area contributed by atoms with E-state index >= 15 is 0 Å². The maximum Gasteiger partial charge on any atom is 0.433 e. The van der Waals surface area contributed by atoms with E-state index in [0.717, 1.165) is 18.2 Å².